The molecule has 0 aliphatic carbocycles. The van der Waals surface area contributed by atoms with Crippen molar-refractivity contribution in [1.29, 1.82) is 0 Å². The van der Waals surface area contributed by atoms with Gasteiger partial charge in [0, 0.05) is 13.1 Å². The van der Waals surface area contributed by atoms with Crippen molar-refractivity contribution in [2.45, 2.75) is 16.7 Å². The SMILES string of the molecule is CN(C)CC(C)(O)CNC(=O)CSc1cccs1. The van der Waals surface area contributed by atoms with Crippen LogP contribution in [0.1, 0.15) is 6.92 Å². The Kier molecular flexibility index (Phi) is 6.14. The number of nitrogens with one attached hydrogen (secondary N) is 1. The number of hydrogen-bond acceptors (Lipinski definition) is 5. The average molecular weight is 288 g/mol. The third-order valence-corrected chi connectivity index (χ3v) is 4.29. The van der Waals surface area contributed by atoms with E-state index >= 15 is 0 Å². The van der Waals surface area contributed by atoms with E-state index in [2.05, 4.69) is 5.32 Å². The standard InChI is InChI=1S/C12H20N2O2S2/c1-12(16,9-14(2)3)8-13-10(15)7-18-11-5-4-6-17-11/h4-6,16H,7-9H2,1-3H3,(H,13,15). The van der Waals surface area contributed by atoms with Crippen LogP contribution in [-0.2, 0) is 4.79 Å². The van der Waals surface area contributed by atoms with Gasteiger partial charge in [-0.3, -0.25) is 4.79 Å². The maximum Gasteiger partial charge on any atom is 0.230 e. The Labute approximate surface area is 116 Å². The smallest absolute Gasteiger partial charge is 0.230 e. The van der Waals surface area contributed by atoms with Gasteiger partial charge < -0.3 is 15.3 Å². The molecule has 0 aliphatic rings. The number of carbonyl (C=O) groups is 1. The summed E-state index contributed by atoms with van der Waals surface area (Å²) in [4.78, 5) is 13.5. The van der Waals surface area contributed by atoms with Crippen molar-refractivity contribution in [2.75, 3.05) is 32.9 Å². The summed E-state index contributed by atoms with van der Waals surface area (Å²) in [6.07, 6.45) is 0. The molecule has 18 heavy (non-hydrogen) atoms. The van der Waals surface area contributed by atoms with E-state index < -0.39 is 5.60 Å². The van der Waals surface area contributed by atoms with Crippen molar-refractivity contribution in [3.8, 4) is 0 Å². The molecule has 1 rings (SSSR count). The molecule has 1 unspecified atom stereocenters. The van der Waals surface area contributed by atoms with E-state index in [0.29, 0.717) is 12.3 Å². The fourth-order valence-corrected chi connectivity index (χ4v) is 3.17. The Morgan fingerprint density at radius 3 is 2.89 bits per heavy atom. The molecule has 0 radical (unpaired) electrons. The van der Waals surface area contributed by atoms with E-state index in [1.807, 2.05) is 36.5 Å². The second kappa shape index (κ2) is 7.13. The van der Waals surface area contributed by atoms with Crippen LogP contribution in [0.25, 0.3) is 0 Å². The van der Waals surface area contributed by atoms with Gasteiger partial charge in [0.25, 0.3) is 0 Å². The Bertz CT molecular complexity index is 364. The van der Waals surface area contributed by atoms with Crippen LogP contribution in [0.3, 0.4) is 0 Å². The van der Waals surface area contributed by atoms with Crippen LogP contribution in [0.15, 0.2) is 21.7 Å². The number of rotatable bonds is 7. The predicted octanol–water partition coefficient (Wildman–Crippen LogP) is 1.27. The summed E-state index contributed by atoms with van der Waals surface area (Å²) >= 11 is 3.14. The fraction of sp³-hybridized carbons (Fsp3) is 0.583. The number of carbonyl (C=O) groups excluding carboxylic acids is 1. The molecule has 0 spiro atoms. The van der Waals surface area contributed by atoms with Gasteiger partial charge >= 0.3 is 0 Å². The molecule has 0 saturated carbocycles. The third-order valence-electron chi connectivity index (χ3n) is 2.16. The third kappa shape index (κ3) is 6.39. The second-order valence-corrected chi connectivity index (χ2v) is 6.96. The fourth-order valence-electron chi connectivity index (χ4n) is 1.56. The molecule has 1 atom stereocenters. The Hall–Kier alpha value is -0.560. The van der Waals surface area contributed by atoms with Crippen molar-refractivity contribution in [3.05, 3.63) is 17.5 Å². The zero-order valence-electron chi connectivity index (χ0n) is 11.0. The second-order valence-electron chi connectivity index (χ2n) is 4.73. The van der Waals surface area contributed by atoms with Gasteiger partial charge in [-0.1, -0.05) is 6.07 Å². The van der Waals surface area contributed by atoms with Crippen LogP contribution < -0.4 is 5.32 Å². The number of nitrogens with zero attached hydrogens (tertiary/aromatic N) is 1. The number of thiophene rings is 1. The van der Waals surface area contributed by atoms with Crippen molar-refractivity contribution in [1.82, 2.24) is 10.2 Å². The van der Waals surface area contributed by atoms with Crippen LogP contribution in [0.4, 0.5) is 0 Å². The number of aliphatic hydroxyl groups is 1. The lowest BCUT2D eigenvalue weighted by Gasteiger charge is -2.27. The van der Waals surface area contributed by atoms with Gasteiger partial charge in [-0.25, -0.2) is 0 Å². The summed E-state index contributed by atoms with van der Waals surface area (Å²) in [7, 11) is 3.78. The van der Waals surface area contributed by atoms with Gasteiger partial charge in [-0.15, -0.1) is 23.1 Å². The van der Waals surface area contributed by atoms with Crippen molar-refractivity contribution in [3.63, 3.8) is 0 Å². The van der Waals surface area contributed by atoms with E-state index in [1.54, 1.807) is 18.3 Å². The summed E-state index contributed by atoms with van der Waals surface area (Å²) in [5, 5.41) is 14.8. The highest BCUT2D eigenvalue weighted by atomic mass is 32.2. The minimum Gasteiger partial charge on any atom is -0.387 e. The summed E-state index contributed by atoms with van der Waals surface area (Å²) in [6, 6.07) is 3.96. The van der Waals surface area contributed by atoms with Gasteiger partial charge in [0.15, 0.2) is 0 Å². The number of thioether (sulfide) groups is 1. The topological polar surface area (TPSA) is 52.6 Å². The van der Waals surface area contributed by atoms with E-state index in [-0.39, 0.29) is 12.5 Å². The first kappa shape index (κ1) is 15.5. The summed E-state index contributed by atoms with van der Waals surface area (Å²) in [6.45, 7) is 2.51. The average Bonchev–Trinajstić information content (AvgIpc) is 2.74. The molecular weight excluding hydrogens is 268 g/mol. The molecule has 2 N–H and O–H groups in total. The molecule has 0 fully saturated rings. The maximum absolute atomic E-state index is 11.6. The Balaban J connectivity index is 2.24. The number of hydrogen-bond donors (Lipinski definition) is 2. The molecular formula is C12H20N2O2S2. The van der Waals surface area contributed by atoms with E-state index in [9.17, 15) is 9.90 Å². The lowest BCUT2D eigenvalue weighted by atomic mass is 10.1. The van der Waals surface area contributed by atoms with Crippen LogP contribution in [-0.4, -0.2) is 54.5 Å². The van der Waals surface area contributed by atoms with Gasteiger partial charge in [0.05, 0.1) is 15.6 Å². The quantitative estimate of drug-likeness (QED) is 0.742. The highest BCUT2D eigenvalue weighted by Crippen LogP contribution is 2.22. The first-order chi connectivity index (χ1) is 8.39. The van der Waals surface area contributed by atoms with Gasteiger partial charge in [-0.05, 0) is 32.5 Å². The molecule has 6 heteroatoms. The van der Waals surface area contributed by atoms with Crippen LogP contribution >= 0.6 is 23.1 Å². The first-order valence-corrected chi connectivity index (χ1v) is 7.56. The molecule has 1 heterocycles. The minimum absolute atomic E-state index is 0.0487. The molecule has 1 aromatic rings. The van der Waals surface area contributed by atoms with Crippen LogP contribution in [0, 0.1) is 0 Å². The molecule has 0 aromatic carbocycles. The van der Waals surface area contributed by atoms with Crippen LogP contribution in [0.5, 0.6) is 0 Å². The molecule has 0 aliphatic heterocycles. The van der Waals surface area contributed by atoms with Gasteiger partial charge in [-0.2, -0.15) is 0 Å². The van der Waals surface area contributed by atoms with Crippen LogP contribution in [0.2, 0.25) is 0 Å². The van der Waals surface area contributed by atoms with Gasteiger partial charge in [0.1, 0.15) is 0 Å². The van der Waals surface area contributed by atoms with Crippen molar-refractivity contribution in [2.24, 2.45) is 0 Å². The normalized spacial score (nSPS) is 14.5. The molecule has 1 aromatic heterocycles. The van der Waals surface area contributed by atoms with Crippen molar-refractivity contribution < 1.29 is 9.90 Å². The summed E-state index contributed by atoms with van der Waals surface area (Å²) < 4.78 is 1.13. The molecule has 0 bridgehead atoms. The van der Waals surface area contributed by atoms with Crippen molar-refractivity contribution >= 4 is 29.0 Å². The molecule has 0 saturated heterocycles. The Morgan fingerprint density at radius 1 is 1.61 bits per heavy atom. The maximum atomic E-state index is 11.6. The summed E-state index contributed by atoms with van der Waals surface area (Å²) in [5.41, 5.74) is -0.896. The highest BCUT2D eigenvalue weighted by molar-refractivity contribution is 8.01. The minimum atomic E-state index is -0.896. The lowest BCUT2D eigenvalue weighted by molar-refractivity contribution is -0.119. The van der Waals surface area contributed by atoms with E-state index in [4.69, 9.17) is 0 Å². The lowest BCUT2D eigenvalue weighted by Crippen LogP contribution is -2.47. The first-order valence-electron chi connectivity index (χ1n) is 5.69. The number of likely N-dealkylation sites (N-methyl/N-ethyl adjacent to an activating group) is 1. The van der Waals surface area contributed by atoms with Gasteiger partial charge in [0.2, 0.25) is 5.91 Å². The predicted molar refractivity (Wildman–Crippen MR) is 77.2 cm³/mol. The zero-order valence-corrected chi connectivity index (χ0v) is 12.6. The van der Waals surface area contributed by atoms with E-state index in [0.717, 1.165) is 4.21 Å². The largest absolute Gasteiger partial charge is 0.387 e. The monoisotopic (exact) mass is 288 g/mol. The highest BCUT2D eigenvalue weighted by Gasteiger charge is 2.21. The zero-order chi connectivity index (χ0) is 13.6. The molecule has 102 valence electrons. The van der Waals surface area contributed by atoms with E-state index in [1.165, 1.54) is 11.8 Å². The molecule has 4 nitrogen and oxygen atoms in total. The summed E-state index contributed by atoms with van der Waals surface area (Å²) in [5.74, 6) is 0.339. The Morgan fingerprint density at radius 2 is 2.33 bits per heavy atom. The number of amides is 1. The molecule has 1 amide bonds.